The lowest BCUT2D eigenvalue weighted by Crippen LogP contribution is -2.13. The fourth-order valence-corrected chi connectivity index (χ4v) is 3.14. The van der Waals surface area contributed by atoms with Crippen molar-refractivity contribution in [3.63, 3.8) is 0 Å². The van der Waals surface area contributed by atoms with Crippen LogP contribution in [-0.4, -0.2) is 27.2 Å². The lowest BCUT2D eigenvalue weighted by molar-refractivity contribution is -0.386. The van der Waals surface area contributed by atoms with E-state index in [2.05, 4.69) is 10.4 Å². The van der Waals surface area contributed by atoms with Gasteiger partial charge < -0.3 is 10.1 Å². The van der Waals surface area contributed by atoms with Crippen molar-refractivity contribution in [2.24, 2.45) is 0 Å². The summed E-state index contributed by atoms with van der Waals surface area (Å²) in [7, 11) is 0. The first-order chi connectivity index (χ1) is 14.4. The molecule has 1 N–H and O–H groups in total. The predicted molar refractivity (Wildman–Crippen MR) is 114 cm³/mol. The van der Waals surface area contributed by atoms with Crippen LogP contribution in [-0.2, 0) is 6.54 Å². The highest BCUT2D eigenvalue weighted by atomic mass is 16.6. The Morgan fingerprint density at radius 2 is 1.87 bits per heavy atom. The summed E-state index contributed by atoms with van der Waals surface area (Å²) in [5.41, 5.74) is 2.94. The summed E-state index contributed by atoms with van der Waals surface area (Å²) in [6.45, 7) is 6.28. The van der Waals surface area contributed by atoms with Crippen LogP contribution in [0, 0.1) is 24.0 Å². The van der Waals surface area contributed by atoms with E-state index in [4.69, 9.17) is 4.74 Å². The molecule has 1 aromatic heterocycles. The number of aromatic nitrogens is 2. The summed E-state index contributed by atoms with van der Waals surface area (Å²) >= 11 is 0. The van der Waals surface area contributed by atoms with Gasteiger partial charge in [-0.05, 0) is 50.1 Å². The molecule has 0 bridgehead atoms. The van der Waals surface area contributed by atoms with Crippen LogP contribution in [0.25, 0.3) is 0 Å². The van der Waals surface area contributed by atoms with Crippen LogP contribution < -0.4 is 10.1 Å². The SMILES string of the molecule is CCCOc1ccccc1NC(=O)c1ccc(Cn2nc(C)c([N+](=O)[O-])c2C)cc1. The second-order valence-electron chi connectivity index (χ2n) is 6.93. The van der Waals surface area contributed by atoms with Crippen molar-refractivity contribution in [3.05, 3.63) is 81.2 Å². The van der Waals surface area contributed by atoms with Gasteiger partial charge in [-0.3, -0.25) is 19.6 Å². The number of carbonyl (C=O) groups excluding carboxylic acids is 1. The Kier molecular flexibility index (Phi) is 6.46. The van der Waals surface area contributed by atoms with Gasteiger partial charge in [0, 0.05) is 5.56 Å². The van der Waals surface area contributed by atoms with Crippen molar-refractivity contribution in [2.45, 2.75) is 33.7 Å². The molecule has 0 unspecified atom stereocenters. The molecule has 0 fully saturated rings. The Hall–Kier alpha value is -3.68. The number of para-hydroxylation sites is 2. The standard InChI is InChI=1S/C22H24N4O4/c1-4-13-30-20-8-6-5-7-19(20)23-22(27)18-11-9-17(10-12-18)14-25-16(3)21(26(28)29)15(2)24-25/h5-12H,4,13-14H2,1-3H3,(H,23,27). The van der Waals surface area contributed by atoms with Crippen LogP contribution in [0.5, 0.6) is 5.75 Å². The van der Waals surface area contributed by atoms with Gasteiger partial charge in [-0.2, -0.15) is 5.10 Å². The summed E-state index contributed by atoms with van der Waals surface area (Å²) in [6.07, 6.45) is 0.877. The van der Waals surface area contributed by atoms with Gasteiger partial charge in [-0.1, -0.05) is 31.2 Å². The molecule has 0 radical (unpaired) electrons. The Morgan fingerprint density at radius 1 is 1.17 bits per heavy atom. The largest absolute Gasteiger partial charge is 0.491 e. The van der Waals surface area contributed by atoms with Gasteiger partial charge in [0.1, 0.15) is 17.1 Å². The van der Waals surface area contributed by atoms with Gasteiger partial charge >= 0.3 is 5.69 Å². The lowest BCUT2D eigenvalue weighted by atomic mass is 10.1. The minimum Gasteiger partial charge on any atom is -0.491 e. The van der Waals surface area contributed by atoms with E-state index >= 15 is 0 Å². The molecule has 0 aliphatic rings. The first-order valence-electron chi connectivity index (χ1n) is 9.71. The number of nitrogens with zero attached hydrogens (tertiary/aromatic N) is 3. The highest BCUT2D eigenvalue weighted by Crippen LogP contribution is 2.25. The van der Waals surface area contributed by atoms with Gasteiger partial charge in [0.2, 0.25) is 0 Å². The van der Waals surface area contributed by atoms with Crippen LogP contribution in [0.15, 0.2) is 48.5 Å². The van der Waals surface area contributed by atoms with Crippen molar-refractivity contribution in [1.29, 1.82) is 0 Å². The van der Waals surface area contributed by atoms with Gasteiger partial charge in [0.05, 0.1) is 23.8 Å². The molecule has 2 aromatic carbocycles. The maximum absolute atomic E-state index is 12.6. The third-order valence-corrected chi connectivity index (χ3v) is 4.67. The molecule has 0 atom stereocenters. The number of aryl methyl sites for hydroxylation is 1. The number of carbonyl (C=O) groups is 1. The zero-order valence-corrected chi connectivity index (χ0v) is 17.2. The minimum atomic E-state index is -0.413. The van der Waals surface area contributed by atoms with Gasteiger partial charge in [-0.25, -0.2) is 0 Å². The van der Waals surface area contributed by atoms with Gasteiger partial charge in [0.25, 0.3) is 5.91 Å². The quantitative estimate of drug-likeness (QED) is 0.437. The predicted octanol–water partition coefficient (Wildman–Crippen LogP) is 4.50. The minimum absolute atomic E-state index is 0.0370. The van der Waals surface area contributed by atoms with E-state index in [1.54, 1.807) is 36.7 Å². The third kappa shape index (κ3) is 4.65. The molecule has 1 heterocycles. The molecule has 30 heavy (non-hydrogen) atoms. The van der Waals surface area contributed by atoms with E-state index < -0.39 is 4.92 Å². The zero-order chi connectivity index (χ0) is 21.7. The molecule has 8 nitrogen and oxygen atoms in total. The maximum atomic E-state index is 12.6. The van der Waals surface area contributed by atoms with E-state index in [1.807, 2.05) is 37.3 Å². The molecule has 1 amide bonds. The molecule has 0 spiro atoms. The molecule has 3 rings (SSSR count). The molecule has 0 saturated carbocycles. The number of ether oxygens (including phenoxy) is 1. The fraction of sp³-hybridized carbons (Fsp3) is 0.273. The fourth-order valence-electron chi connectivity index (χ4n) is 3.14. The van der Waals surface area contributed by atoms with Gasteiger partial charge in [-0.15, -0.1) is 0 Å². The third-order valence-electron chi connectivity index (χ3n) is 4.67. The number of anilines is 1. The van der Waals surface area contributed by atoms with E-state index in [1.165, 1.54) is 0 Å². The second kappa shape index (κ2) is 9.21. The molecule has 8 heteroatoms. The molecule has 3 aromatic rings. The summed E-state index contributed by atoms with van der Waals surface area (Å²) in [6, 6.07) is 14.4. The molecule has 0 saturated heterocycles. The van der Waals surface area contributed by atoms with E-state index in [0.29, 0.717) is 41.5 Å². The van der Waals surface area contributed by atoms with Crippen LogP contribution in [0.4, 0.5) is 11.4 Å². The maximum Gasteiger partial charge on any atom is 0.312 e. The van der Waals surface area contributed by atoms with Crippen LogP contribution in [0.1, 0.15) is 40.7 Å². The molecule has 156 valence electrons. The number of benzene rings is 2. The Morgan fingerprint density at radius 3 is 2.50 bits per heavy atom. The first kappa shape index (κ1) is 21.0. The Bertz CT molecular complexity index is 1060. The summed E-state index contributed by atoms with van der Waals surface area (Å²) < 4.78 is 7.28. The number of nitrogens with one attached hydrogen (secondary N) is 1. The number of hydrogen-bond donors (Lipinski definition) is 1. The number of rotatable bonds is 8. The topological polar surface area (TPSA) is 99.3 Å². The smallest absolute Gasteiger partial charge is 0.312 e. The monoisotopic (exact) mass is 408 g/mol. The van der Waals surface area contributed by atoms with Gasteiger partial charge in [0.15, 0.2) is 0 Å². The second-order valence-corrected chi connectivity index (χ2v) is 6.93. The Balaban J connectivity index is 1.71. The van der Waals surface area contributed by atoms with Crippen molar-refractivity contribution in [1.82, 2.24) is 9.78 Å². The van der Waals surface area contributed by atoms with Crippen molar-refractivity contribution in [2.75, 3.05) is 11.9 Å². The van der Waals surface area contributed by atoms with Crippen molar-refractivity contribution < 1.29 is 14.5 Å². The highest BCUT2D eigenvalue weighted by molar-refractivity contribution is 6.05. The lowest BCUT2D eigenvalue weighted by Gasteiger charge is -2.12. The number of hydrogen-bond acceptors (Lipinski definition) is 5. The summed E-state index contributed by atoms with van der Waals surface area (Å²) in [5, 5.41) is 18.3. The number of nitro groups is 1. The molecular formula is C22H24N4O4. The summed E-state index contributed by atoms with van der Waals surface area (Å²) in [4.78, 5) is 23.4. The van der Waals surface area contributed by atoms with Crippen molar-refractivity contribution >= 4 is 17.3 Å². The average molecular weight is 408 g/mol. The first-order valence-corrected chi connectivity index (χ1v) is 9.71. The Labute approximate surface area is 174 Å². The molecule has 0 aliphatic heterocycles. The normalized spacial score (nSPS) is 10.6. The molecule has 0 aliphatic carbocycles. The molecular weight excluding hydrogens is 384 g/mol. The zero-order valence-electron chi connectivity index (χ0n) is 17.2. The van der Waals surface area contributed by atoms with E-state index in [0.717, 1.165) is 12.0 Å². The average Bonchev–Trinajstić information content (AvgIpc) is 3.00. The van der Waals surface area contributed by atoms with Crippen LogP contribution in [0.2, 0.25) is 0 Å². The van der Waals surface area contributed by atoms with E-state index in [-0.39, 0.29) is 11.6 Å². The van der Waals surface area contributed by atoms with E-state index in [9.17, 15) is 14.9 Å². The van der Waals surface area contributed by atoms with Crippen LogP contribution in [0.3, 0.4) is 0 Å². The number of amides is 1. The van der Waals surface area contributed by atoms with Crippen molar-refractivity contribution in [3.8, 4) is 5.75 Å². The summed E-state index contributed by atoms with van der Waals surface area (Å²) in [5.74, 6) is 0.395. The highest BCUT2D eigenvalue weighted by Gasteiger charge is 2.21. The van der Waals surface area contributed by atoms with Crippen LogP contribution >= 0.6 is 0 Å².